The van der Waals surface area contributed by atoms with E-state index in [4.69, 9.17) is 26.3 Å². The first kappa shape index (κ1) is 19.0. The number of rotatable bonds is 7. The van der Waals surface area contributed by atoms with Gasteiger partial charge in [-0.05, 0) is 42.0 Å². The number of hydrogen-bond acceptors (Lipinski definition) is 6. The van der Waals surface area contributed by atoms with Gasteiger partial charge in [0.05, 0.1) is 16.6 Å². The van der Waals surface area contributed by atoms with E-state index < -0.39 is 10.9 Å². The molecular weight excluding hydrogens is 360 g/mol. The highest BCUT2D eigenvalue weighted by Gasteiger charge is 2.11. The van der Waals surface area contributed by atoms with Crippen molar-refractivity contribution < 1.29 is 19.2 Å². The fourth-order valence-electron chi connectivity index (χ4n) is 1.91. The van der Waals surface area contributed by atoms with E-state index in [1.54, 1.807) is 30.3 Å². The highest BCUT2D eigenvalue weighted by Crippen LogP contribution is 2.25. The molecule has 26 heavy (non-hydrogen) atoms. The van der Waals surface area contributed by atoms with E-state index in [2.05, 4.69) is 0 Å². The molecule has 0 fully saturated rings. The number of nitrogens with zero attached hydrogens (tertiary/aromatic N) is 2. The number of esters is 1. The van der Waals surface area contributed by atoms with Crippen LogP contribution in [0, 0.1) is 21.4 Å². The van der Waals surface area contributed by atoms with Gasteiger partial charge in [-0.2, -0.15) is 5.26 Å². The fraction of sp³-hybridized carbons (Fsp3) is 0.111. The Hall–Kier alpha value is -3.37. The summed E-state index contributed by atoms with van der Waals surface area (Å²) in [5.74, 6) is -0.0462. The quantitative estimate of drug-likeness (QED) is 0.241. The smallest absolute Gasteiger partial charge is 0.330 e. The van der Waals surface area contributed by atoms with Crippen LogP contribution in [0.2, 0.25) is 5.02 Å². The van der Waals surface area contributed by atoms with Crippen LogP contribution in [0.3, 0.4) is 0 Å². The second kappa shape index (κ2) is 9.20. The second-order valence-corrected chi connectivity index (χ2v) is 5.36. The third kappa shape index (κ3) is 5.61. The number of nitro groups is 1. The van der Waals surface area contributed by atoms with E-state index in [-0.39, 0.29) is 23.9 Å². The summed E-state index contributed by atoms with van der Waals surface area (Å²) in [7, 11) is 0. The number of benzene rings is 2. The zero-order chi connectivity index (χ0) is 18.9. The minimum Gasteiger partial charge on any atom is -0.490 e. The Morgan fingerprint density at radius 3 is 2.62 bits per heavy atom. The first-order valence-corrected chi connectivity index (χ1v) is 7.79. The molecule has 132 valence electrons. The summed E-state index contributed by atoms with van der Waals surface area (Å²) in [6, 6.07) is 12.7. The highest BCUT2D eigenvalue weighted by molar-refractivity contribution is 6.32. The lowest BCUT2D eigenvalue weighted by molar-refractivity contribution is -0.384. The predicted octanol–water partition coefficient (Wildman–Crippen LogP) is 3.76. The van der Waals surface area contributed by atoms with Crippen molar-refractivity contribution in [2.45, 2.75) is 0 Å². The van der Waals surface area contributed by atoms with Crippen LogP contribution >= 0.6 is 11.6 Å². The van der Waals surface area contributed by atoms with Crippen molar-refractivity contribution in [3.05, 3.63) is 74.8 Å². The molecule has 0 aliphatic rings. The Labute approximate surface area is 154 Å². The number of halogens is 1. The van der Waals surface area contributed by atoms with Gasteiger partial charge in [-0.3, -0.25) is 10.1 Å². The highest BCUT2D eigenvalue weighted by atomic mass is 35.5. The van der Waals surface area contributed by atoms with Crippen LogP contribution in [0.25, 0.3) is 6.08 Å². The Balaban J connectivity index is 1.79. The molecule has 0 spiro atoms. The third-order valence-corrected chi connectivity index (χ3v) is 3.48. The van der Waals surface area contributed by atoms with Crippen molar-refractivity contribution in [2.75, 3.05) is 13.2 Å². The molecule has 0 bridgehead atoms. The summed E-state index contributed by atoms with van der Waals surface area (Å²) in [5, 5.41) is 19.5. The van der Waals surface area contributed by atoms with Gasteiger partial charge in [0.15, 0.2) is 0 Å². The summed E-state index contributed by atoms with van der Waals surface area (Å²) < 4.78 is 10.3. The molecule has 0 saturated carbocycles. The van der Waals surface area contributed by atoms with Crippen LogP contribution in [0.4, 0.5) is 5.69 Å². The Morgan fingerprint density at radius 1 is 1.23 bits per heavy atom. The monoisotopic (exact) mass is 372 g/mol. The van der Waals surface area contributed by atoms with Crippen LogP contribution in [-0.2, 0) is 9.53 Å². The van der Waals surface area contributed by atoms with Crippen LogP contribution in [0.1, 0.15) is 11.1 Å². The molecule has 0 amide bonds. The van der Waals surface area contributed by atoms with Crippen LogP contribution in [0.15, 0.2) is 48.5 Å². The molecule has 2 aromatic rings. The molecule has 2 aromatic carbocycles. The molecule has 8 heteroatoms. The summed E-state index contributed by atoms with van der Waals surface area (Å²) in [5.41, 5.74) is 0.737. The Kier molecular flexibility index (Phi) is 6.71. The van der Waals surface area contributed by atoms with Gasteiger partial charge < -0.3 is 9.47 Å². The number of nitro benzene ring substituents is 1. The largest absolute Gasteiger partial charge is 0.490 e. The maximum Gasteiger partial charge on any atom is 0.330 e. The van der Waals surface area contributed by atoms with Crippen molar-refractivity contribution in [3.8, 4) is 11.8 Å². The van der Waals surface area contributed by atoms with Crippen molar-refractivity contribution in [1.82, 2.24) is 0 Å². The molecule has 0 aliphatic heterocycles. The summed E-state index contributed by atoms with van der Waals surface area (Å²) >= 11 is 5.72. The maximum absolute atomic E-state index is 11.6. The molecule has 0 unspecified atom stereocenters. The molecule has 0 saturated heterocycles. The van der Waals surface area contributed by atoms with Gasteiger partial charge in [0, 0.05) is 12.1 Å². The molecule has 0 radical (unpaired) electrons. The third-order valence-electron chi connectivity index (χ3n) is 3.16. The van der Waals surface area contributed by atoms with Gasteiger partial charge in [0.1, 0.15) is 24.0 Å². The molecule has 0 heterocycles. The zero-order valence-corrected chi connectivity index (χ0v) is 14.2. The first-order chi connectivity index (χ1) is 12.5. The normalized spacial score (nSPS) is 10.3. The Bertz CT molecular complexity index is 872. The van der Waals surface area contributed by atoms with Gasteiger partial charge in [0.25, 0.3) is 5.69 Å². The first-order valence-electron chi connectivity index (χ1n) is 7.41. The van der Waals surface area contributed by atoms with Crippen LogP contribution in [0.5, 0.6) is 5.75 Å². The second-order valence-electron chi connectivity index (χ2n) is 4.95. The minimum absolute atomic E-state index is 0.0228. The number of carbonyl (C=O) groups is 1. The molecular formula is C18H13ClN2O5. The SMILES string of the molecule is N#Cc1ccc(OCCOC(=O)/C=C/c2ccc(Cl)c([N+](=O)[O-])c2)cc1. The number of nitriles is 1. The van der Waals surface area contributed by atoms with E-state index in [9.17, 15) is 14.9 Å². The molecule has 0 N–H and O–H groups in total. The van der Waals surface area contributed by atoms with E-state index in [0.717, 1.165) is 6.08 Å². The van der Waals surface area contributed by atoms with Crippen molar-refractivity contribution in [1.29, 1.82) is 5.26 Å². The number of hydrogen-bond donors (Lipinski definition) is 0. The predicted molar refractivity (Wildman–Crippen MR) is 94.8 cm³/mol. The summed E-state index contributed by atoms with van der Waals surface area (Å²) in [6.45, 7) is 0.182. The molecule has 0 aliphatic carbocycles. The van der Waals surface area contributed by atoms with E-state index in [1.807, 2.05) is 6.07 Å². The van der Waals surface area contributed by atoms with Gasteiger partial charge in [-0.1, -0.05) is 17.7 Å². The van der Waals surface area contributed by atoms with Gasteiger partial charge in [-0.25, -0.2) is 4.79 Å². The molecule has 0 atom stereocenters. The summed E-state index contributed by atoms with van der Waals surface area (Å²) in [6.07, 6.45) is 2.56. The zero-order valence-electron chi connectivity index (χ0n) is 13.4. The van der Waals surface area contributed by atoms with Gasteiger partial charge >= 0.3 is 5.97 Å². The molecule has 7 nitrogen and oxygen atoms in total. The molecule has 2 rings (SSSR count). The average molecular weight is 373 g/mol. The number of carbonyl (C=O) groups excluding carboxylic acids is 1. The van der Waals surface area contributed by atoms with E-state index in [1.165, 1.54) is 18.2 Å². The standard InChI is InChI=1S/C18H13ClN2O5/c19-16-7-3-13(11-17(16)21(23)24)4-8-18(22)26-10-9-25-15-5-1-14(12-20)2-6-15/h1-8,11H,9-10H2/b8-4+. The van der Waals surface area contributed by atoms with Gasteiger partial charge in [-0.15, -0.1) is 0 Å². The van der Waals surface area contributed by atoms with E-state index >= 15 is 0 Å². The lowest BCUT2D eigenvalue weighted by Crippen LogP contribution is -2.10. The topological polar surface area (TPSA) is 102 Å². The van der Waals surface area contributed by atoms with Gasteiger partial charge in [0.2, 0.25) is 0 Å². The van der Waals surface area contributed by atoms with Crippen molar-refractivity contribution in [2.24, 2.45) is 0 Å². The lowest BCUT2D eigenvalue weighted by Gasteiger charge is -2.06. The Morgan fingerprint density at radius 2 is 1.96 bits per heavy atom. The molecule has 0 aromatic heterocycles. The minimum atomic E-state index is -0.606. The van der Waals surface area contributed by atoms with E-state index in [0.29, 0.717) is 16.9 Å². The van der Waals surface area contributed by atoms with Crippen LogP contribution < -0.4 is 4.74 Å². The van der Waals surface area contributed by atoms with Crippen LogP contribution in [-0.4, -0.2) is 24.1 Å². The summed E-state index contributed by atoms with van der Waals surface area (Å²) in [4.78, 5) is 21.9. The lowest BCUT2D eigenvalue weighted by atomic mass is 10.2. The average Bonchev–Trinajstić information content (AvgIpc) is 2.64. The maximum atomic E-state index is 11.6. The van der Waals surface area contributed by atoms with Crippen molar-refractivity contribution >= 4 is 29.3 Å². The van der Waals surface area contributed by atoms with Crippen molar-refractivity contribution in [3.63, 3.8) is 0 Å². The fourth-order valence-corrected chi connectivity index (χ4v) is 2.10. The number of ether oxygens (including phenoxy) is 2.